The van der Waals surface area contributed by atoms with E-state index in [1.165, 1.54) is 0 Å². The maximum Gasteiger partial charge on any atom is 0.237 e. The maximum absolute atomic E-state index is 11.5. The second-order valence-corrected chi connectivity index (χ2v) is 4.06. The minimum Gasteiger partial charge on any atom is -0.368 e. The predicted molar refractivity (Wildman–Crippen MR) is 54.6 cm³/mol. The number of hydrogen-bond donors (Lipinski definition) is 2. The van der Waals surface area contributed by atoms with Gasteiger partial charge in [0.25, 0.3) is 0 Å². The molecule has 0 aliphatic carbocycles. The molecule has 15 heavy (non-hydrogen) atoms. The van der Waals surface area contributed by atoms with Crippen molar-refractivity contribution in [3.8, 4) is 0 Å². The molecule has 2 atom stereocenters. The van der Waals surface area contributed by atoms with Crippen LogP contribution < -0.4 is 11.1 Å². The highest BCUT2D eigenvalue weighted by Gasteiger charge is 2.37. The Bertz CT molecular complexity index is 278. The Morgan fingerprint density at radius 3 is 3.00 bits per heavy atom. The van der Waals surface area contributed by atoms with Crippen LogP contribution in [0, 0.1) is 6.42 Å². The van der Waals surface area contributed by atoms with Gasteiger partial charge in [-0.3, -0.25) is 14.5 Å². The molecule has 83 valence electrons. The van der Waals surface area contributed by atoms with Gasteiger partial charge in [0, 0.05) is 13.1 Å². The third-order valence-corrected chi connectivity index (χ3v) is 3.13. The van der Waals surface area contributed by atoms with Gasteiger partial charge in [-0.2, -0.15) is 0 Å². The second-order valence-electron chi connectivity index (χ2n) is 4.06. The van der Waals surface area contributed by atoms with Crippen LogP contribution in [0.15, 0.2) is 0 Å². The summed E-state index contributed by atoms with van der Waals surface area (Å²) < 4.78 is 0. The number of carbonyl (C=O) groups excluding carboxylic acids is 2. The van der Waals surface area contributed by atoms with Crippen molar-refractivity contribution in [3.05, 3.63) is 6.42 Å². The molecule has 2 unspecified atom stereocenters. The molecule has 3 N–H and O–H groups in total. The van der Waals surface area contributed by atoms with Gasteiger partial charge in [0.15, 0.2) is 0 Å². The molecule has 0 aromatic heterocycles. The SMILES string of the molecule is NC(=O)C1C[CH]CCN1C1CCNC1=O. The van der Waals surface area contributed by atoms with Crippen LogP contribution in [0.5, 0.6) is 0 Å². The van der Waals surface area contributed by atoms with Crippen molar-refractivity contribution in [2.24, 2.45) is 5.73 Å². The molecule has 2 fully saturated rings. The van der Waals surface area contributed by atoms with Gasteiger partial charge in [-0.25, -0.2) is 0 Å². The Balaban J connectivity index is 2.10. The van der Waals surface area contributed by atoms with Crippen molar-refractivity contribution >= 4 is 11.8 Å². The molecular formula is C10H16N3O2. The van der Waals surface area contributed by atoms with E-state index < -0.39 is 0 Å². The molecule has 2 rings (SSSR count). The Labute approximate surface area is 89.0 Å². The molecule has 2 aliphatic heterocycles. The lowest BCUT2D eigenvalue weighted by Gasteiger charge is -2.36. The first kappa shape index (κ1) is 10.4. The average molecular weight is 210 g/mol. The summed E-state index contributed by atoms with van der Waals surface area (Å²) in [6.07, 6.45) is 4.44. The zero-order valence-electron chi connectivity index (χ0n) is 8.61. The number of amides is 2. The fourth-order valence-corrected chi connectivity index (χ4v) is 2.36. The van der Waals surface area contributed by atoms with Crippen LogP contribution in [0.4, 0.5) is 0 Å². The highest BCUT2D eigenvalue weighted by Crippen LogP contribution is 2.22. The van der Waals surface area contributed by atoms with Crippen molar-refractivity contribution in [2.75, 3.05) is 13.1 Å². The predicted octanol–water partition coefficient (Wildman–Crippen LogP) is -0.971. The number of nitrogens with one attached hydrogen (secondary N) is 1. The van der Waals surface area contributed by atoms with Gasteiger partial charge in [-0.05, 0) is 25.7 Å². The Hall–Kier alpha value is -1.10. The first-order valence-electron chi connectivity index (χ1n) is 5.34. The van der Waals surface area contributed by atoms with Gasteiger partial charge in [-0.15, -0.1) is 0 Å². The number of rotatable bonds is 2. The van der Waals surface area contributed by atoms with Crippen LogP contribution in [0.25, 0.3) is 0 Å². The summed E-state index contributed by atoms with van der Waals surface area (Å²) in [5, 5.41) is 2.78. The van der Waals surface area contributed by atoms with Gasteiger partial charge in [0.1, 0.15) is 0 Å². The summed E-state index contributed by atoms with van der Waals surface area (Å²) in [4.78, 5) is 24.7. The Morgan fingerprint density at radius 1 is 1.60 bits per heavy atom. The highest BCUT2D eigenvalue weighted by molar-refractivity contribution is 5.86. The monoisotopic (exact) mass is 210 g/mol. The van der Waals surface area contributed by atoms with E-state index in [2.05, 4.69) is 11.7 Å². The average Bonchev–Trinajstić information content (AvgIpc) is 2.64. The highest BCUT2D eigenvalue weighted by atomic mass is 16.2. The third kappa shape index (κ3) is 1.97. The van der Waals surface area contributed by atoms with Crippen LogP contribution in [0.2, 0.25) is 0 Å². The standard InChI is InChI=1S/C10H16N3O2/c11-9(14)7-3-1-2-6-13(7)8-4-5-12-10(8)15/h1,7-8H,2-6H2,(H2,11,14)(H,12,15). The van der Waals surface area contributed by atoms with Crippen molar-refractivity contribution in [2.45, 2.75) is 31.3 Å². The molecule has 2 saturated heterocycles. The van der Waals surface area contributed by atoms with Crippen molar-refractivity contribution in [1.82, 2.24) is 10.2 Å². The van der Waals surface area contributed by atoms with E-state index in [9.17, 15) is 9.59 Å². The molecule has 0 spiro atoms. The number of likely N-dealkylation sites (tertiary alicyclic amines) is 1. The van der Waals surface area contributed by atoms with Crippen molar-refractivity contribution < 1.29 is 9.59 Å². The lowest BCUT2D eigenvalue weighted by atomic mass is 9.98. The molecular weight excluding hydrogens is 194 g/mol. The Kier molecular flexibility index (Phi) is 2.90. The number of nitrogens with two attached hydrogens (primary N) is 1. The van der Waals surface area contributed by atoms with E-state index in [1.54, 1.807) is 0 Å². The number of carbonyl (C=O) groups is 2. The minimum atomic E-state index is -0.328. The fraction of sp³-hybridized carbons (Fsp3) is 0.700. The van der Waals surface area contributed by atoms with Gasteiger partial charge < -0.3 is 11.1 Å². The lowest BCUT2D eigenvalue weighted by molar-refractivity contribution is -0.129. The summed E-state index contributed by atoms with van der Waals surface area (Å²) in [7, 11) is 0. The van der Waals surface area contributed by atoms with E-state index in [1.807, 2.05) is 4.90 Å². The summed E-state index contributed by atoms with van der Waals surface area (Å²) in [5.74, 6) is -0.297. The molecule has 0 saturated carbocycles. The number of hydrogen-bond acceptors (Lipinski definition) is 3. The number of nitrogens with zero attached hydrogens (tertiary/aromatic N) is 1. The van der Waals surface area contributed by atoms with E-state index in [4.69, 9.17) is 5.73 Å². The summed E-state index contributed by atoms with van der Waals surface area (Å²) >= 11 is 0. The van der Waals surface area contributed by atoms with E-state index >= 15 is 0 Å². The van der Waals surface area contributed by atoms with Crippen LogP contribution in [0.3, 0.4) is 0 Å². The van der Waals surface area contributed by atoms with Crippen molar-refractivity contribution in [3.63, 3.8) is 0 Å². The normalized spacial score (nSPS) is 32.7. The van der Waals surface area contributed by atoms with E-state index in [0.717, 1.165) is 19.4 Å². The van der Waals surface area contributed by atoms with Gasteiger partial charge in [-0.1, -0.05) is 0 Å². The lowest BCUT2D eigenvalue weighted by Crippen LogP contribution is -2.54. The molecule has 0 aromatic rings. The first-order valence-corrected chi connectivity index (χ1v) is 5.34. The molecule has 1 radical (unpaired) electrons. The molecule has 5 heteroatoms. The van der Waals surface area contributed by atoms with E-state index in [0.29, 0.717) is 13.0 Å². The molecule has 5 nitrogen and oxygen atoms in total. The second kappa shape index (κ2) is 4.18. The summed E-state index contributed by atoms with van der Waals surface area (Å²) in [6.45, 7) is 1.46. The van der Waals surface area contributed by atoms with Crippen LogP contribution in [-0.4, -0.2) is 41.9 Å². The molecule has 0 aromatic carbocycles. The Morgan fingerprint density at radius 2 is 2.40 bits per heavy atom. The minimum absolute atomic E-state index is 0.0307. The smallest absolute Gasteiger partial charge is 0.237 e. The maximum atomic E-state index is 11.5. The summed E-state index contributed by atoms with van der Waals surface area (Å²) in [6, 6.07) is -0.455. The van der Waals surface area contributed by atoms with Crippen LogP contribution in [0.1, 0.15) is 19.3 Å². The fourth-order valence-electron chi connectivity index (χ4n) is 2.36. The zero-order valence-corrected chi connectivity index (χ0v) is 8.61. The van der Waals surface area contributed by atoms with E-state index in [-0.39, 0.29) is 23.9 Å². The van der Waals surface area contributed by atoms with Crippen LogP contribution >= 0.6 is 0 Å². The molecule has 2 aliphatic rings. The van der Waals surface area contributed by atoms with Gasteiger partial charge in [0.2, 0.25) is 11.8 Å². The summed E-state index contributed by atoms with van der Waals surface area (Å²) in [5.41, 5.74) is 5.34. The molecule has 2 amide bonds. The quantitative estimate of drug-likeness (QED) is 0.615. The zero-order chi connectivity index (χ0) is 10.8. The van der Waals surface area contributed by atoms with Gasteiger partial charge in [0.05, 0.1) is 12.1 Å². The number of primary amides is 1. The molecule has 0 bridgehead atoms. The topological polar surface area (TPSA) is 75.4 Å². The van der Waals surface area contributed by atoms with Gasteiger partial charge >= 0.3 is 0 Å². The largest absolute Gasteiger partial charge is 0.368 e. The number of piperidine rings is 1. The van der Waals surface area contributed by atoms with Crippen LogP contribution in [-0.2, 0) is 9.59 Å². The third-order valence-electron chi connectivity index (χ3n) is 3.13. The van der Waals surface area contributed by atoms with Crippen molar-refractivity contribution in [1.29, 1.82) is 0 Å². The first-order chi connectivity index (χ1) is 7.20. The molecule has 2 heterocycles.